The van der Waals surface area contributed by atoms with Crippen molar-refractivity contribution in [2.75, 3.05) is 17.2 Å². The first-order chi connectivity index (χ1) is 10.0. The van der Waals surface area contributed by atoms with Gasteiger partial charge in [0.25, 0.3) is 5.91 Å². The first-order valence-electron chi connectivity index (χ1n) is 6.48. The summed E-state index contributed by atoms with van der Waals surface area (Å²) in [5.74, 6) is -0.860. The molecule has 1 aromatic carbocycles. The lowest BCUT2D eigenvalue weighted by atomic mass is 10.2. The van der Waals surface area contributed by atoms with Gasteiger partial charge in [-0.2, -0.15) is 0 Å². The zero-order valence-electron chi connectivity index (χ0n) is 11.7. The third-order valence-electron chi connectivity index (χ3n) is 2.83. The Morgan fingerprint density at radius 3 is 2.81 bits per heavy atom. The number of halogens is 2. The maximum Gasteiger partial charge on any atom is 0.259 e. The zero-order chi connectivity index (χ0) is 15.4. The summed E-state index contributed by atoms with van der Waals surface area (Å²) in [7, 11) is 0. The quantitative estimate of drug-likeness (QED) is 0.901. The van der Waals surface area contributed by atoms with E-state index < -0.39 is 5.82 Å². The molecule has 0 radical (unpaired) electrons. The lowest BCUT2D eigenvalue weighted by Gasteiger charge is -2.11. The summed E-state index contributed by atoms with van der Waals surface area (Å²) in [5, 5.41) is 5.75. The van der Waals surface area contributed by atoms with Crippen molar-refractivity contribution in [1.29, 1.82) is 0 Å². The van der Waals surface area contributed by atoms with Gasteiger partial charge in [-0.1, -0.05) is 11.6 Å². The highest BCUT2D eigenvalue weighted by molar-refractivity contribution is 6.31. The molecule has 0 fully saturated rings. The SMILES string of the molecule is CCNc1cc(C)ncc1C(=O)Nc1ccc(F)c(Cl)c1. The fraction of sp³-hybridized carbons (Fsp3) is 0.200. The van der Waals surface area contributed by atoms with E-state index in [1.54, 1.807) is 6.07 Å². The second-order valence-corrected chi connectivity index (χ2v) is 4.89. The number of anilines is 2. The minimum atomic E-state index is -0.528. The van der Waals surface area contributed by atoms with Crippen molar-refractivity contribution < 1.29 is 9.18 Å². The molecule has 2 rings (SSSR count). The summed E-state index contributed by atoms with van der Waals surface area (Å²) in [6, 6.07) is 5.82. The molecule has 0 saturated carbocycles. The average Bonchev–Trinajstić information content (AvgIpc) is 2.43. The average molecular weight is 308 g/mol. The van der Waals surface area contributed by atoms with Gasteiger partial charge in [0.1, 0.15) is 5.82 Å². The minimum Gasteiger partial charge on any atom is -0.385 e. The molecule has 0 atom stereocenters. The van der Waals surface area contributed by atoms with Crippen molar-refractivity contribution in [3.8, 4) is 0 Å². The molecule has 1 heterocycles. The molecule has 0 spiro atoms. The van der Waals surface area contributed by atoms with E-state index in [-0.39, 0.29) is 10.9 Å². The van der Waals surface area contributed by atoms with Gasteiger partial charge in [-0.3, -0.25) is 9.78 Å². The fourth-order valence-electron chi connectivity index (χ4n) is 1.85. The number of hydrogen-bond acceptors (Lipinski definition) is 3. The molecular weight excluding hydrogens is 293 g/mol. The number of carbonyl (C=O) groups excluding carboxylic acids is 1. The smallest absolute Gasteiger partial charge is 0.259 e. The van der Waals surface area contributed by atoms with Crippen LogP contribution >= 0.6 is 11.6 Å². The minimum absolute atomic E-state index is 0.0401. The summed E-state index contributed by atoms with van der Waals surface area (Å²) in [5.41, 5.74) is 2.36. The lowest BCUT2D eigenvalue weighted by molar-refractivity contribution is 0.102. The molecule has 2 N–H and O–H groups in total. The van der Waals surface area contributed by atoms with Crippen LogP contribution in [-0.4, -0.2) is 17.4 Å². The van der Waals surface area contributed by atoms with Crippen molar-refractivity contribution >= 4 is 28.9 Å². The number of aromatic nitrogens is 1. The number of nitrogens with one attached hydrogen (secondary N) is 2. The summed E-state index contributed by atoms with van der Waals surface area (Å²) in [6.07, 6.45) is 1.51. The largest absolute Gasteiger partial charge is 0.385 e. The lowest BCUT2D eigenvalue weighted by Crippen LogP contribution is -2.15. The molecule has 0 aliphatic carbocycles. The second kappa shape index (κ2) is 6.54. The highest BCUT2D eigenvalue weighted by Crippen LogP contribution is 2.21. The molecule has 1 aromatic heterocycles. The first kappa shape index (κ1) is 15.3. The Balaban J connectivity index is 2.25. The molecule has 0 unspecified atom stereocenters. The molecule has 110 valence electrons. The van der Waals surface area contributed by atoms with Crippen LogP contribution in [0.4, 0.5) is 15.8 Å². The van der Waals surface area contributed by atoms with E-state index in [1.807, 2.05) is 13.8 Å². The number of amides is 1. The van der Waals surface area contributed by atoms with Crippen LogP contribution in [0.1, 0.15) is 23.0 Å². The number of nitrogens with zero attached hydrogens (tertiary/aromatic N) is 1. The van der Waals surface area contributed by atoms with Crippen LogP contribution < -0.4 is 10.6 Å². The van der Waals surface area contributed by atoms with Crippen molar-refractivity contribution in [2.24, 2.45) is 0 Å². The topological polar surface area (TPSA) is 54.0 Å². The molecule has 0 aliphatic rings. The third-order valence-corrected chi connectivity index (χ3v) is 3.12. The number of pyridine rings is 1. The number of rotatable bonds is 4. The van der Waals surface area contributed by atoms with Crippen LogP contribution in [0.25, 0.3) is 0 Å². The number of benzene rings is 1. The molecule has 0 bridgehead atoms. The van der Waals surface area contributed by atoms with Gasteiger partial charge >= 0.3 is 0 Å². The Labute approximate surface area is 127 Å². The third kappa shape index (κ3) is 3.70. The van der Waals surface area contributed by atoms with Crippen molar-refractivity contribution in [1.82, 2.24) is 4.98 Å². The van der Waals surface area contributed by atoms with E-state index in [1.165, 1.54) is 24.4 Å². The molecule has 6 heteroatoms. The molecule has 21 heavy (non-hydrogen) atoms. The van der Waals surface area contributed by atoms with Crippen LogP contribution in [0.2, 0.25) is 5.02 Å². The van der Waals surface area contributed by atoms with Crippen LogP contribution in [0.5, 0.6) is 0 Å². The number of aryl methyl sites for hydroxylation is 1. The van der Waals surface area contributed by atoms with Gasteiger partial charge in [0, 0.05) is 24.1 Å². The zero-order valence-corrected chi connectivity index (χ0v) is 12.5. The maximum absolute atomic E-state index is 13.1. The Morgan fingerprint density at radius 1 is 1.38 bits per heavy atom. The van der Waals surface area contributed by atoms with E-state index >= 15 is 0 Å². The van der Waals surface area contributed by atoms with E-state index in [0.29, 0.717) is 23.5 Å². The van der Waals surface area contributed by atoms with E-state index in [0.717, 1.165) is 5.69 Å². The fourth-order valence-corrected chi connectivity index (χ4v) is 2.03. The Kier molecular flexibility index (Phi) is 4.75. The predicted molar refractivity (Wildman–Crippen MR) is 82.5 cm³/mol. The van der Waals surface area contributed by atoms with Gasteiger partial charge in [-0.05, 0) is 38.1 Å². The Bertz CT molecular complexity index is 676. The van der Waals surface area contributed by atoms with Gasteiger partial charge in [0.15, 0.2) is 0 Å². The van der Waals surface area contributed by atoms with Gasteiger partial charge < -0.3 is 10.6 Å². The standard InChI is InChI=1S/C15H15ClFN3O/c1-3-18-14-6-9(2)19-8-11(14)15(21)20-10-4-5-13(17)12(16)7-10/h4-8H,3H2,1-2H3,(H,18,19)(H,20,21). The van der Waals surface area contributed by atoms with Gasteiger partial charge in [-0.25, -0.2) is 4.39 Å². The molecule has 4 nitrogen and oxygen atoms in total. The maximum atomic E-state index is 13.1. The first-order valence-corrected chi connectivity index (χ1v) is 6.86. The highest BCUT2D eigenvalue weighted by atomic mass is 35.5. The van der Waals surface area contributed by atoms with E-state index in [4.69, 9.17) is 11.6 Å². The summed E-state index contributed by atoms with van der Waals surface area (Å²) in [4.78, 5) is 16.4. The van der Waals surface area contributed by atoms with Crippen molar-refractivity contribution in [3.63, 3.8) is 0 Å². The van der Waals surface area contributed by atoms with Gasteiger partial charge in [0.05, 0.1) is 16.3 Å². The van der Waals surface area contributed by atoms with E-state index in [9.17, 15) is 9.18 Å². The molecular formula is C15H15ClFN3O. The van der Waals surface area contributed by atoms with Gasteiger partial charge in [-0.15, -0.1) is 0 Å². The van der Waals surface area contributed by atoms with Crippen molar-refractivity contribution in [3.05, 3.63) is 52.6 Å². The number of carbonyl (C=O) groups is 1. The van der Waals surface area contributed by atoms with E-state index in [2.05, 4.69) is 15.6 Å². The number of hydrogen-bond donors (Lipinski definition) is 2. The highest BCUT2D eigenvalue weighted by Gasteiger charge is 2.13. The Hall–Kier alpha value is -2.14. The summed E-state index contributed by atoms with van der Waals surface area (Å²) in [6.45, 7) is 4.48. The molecule has 2 aromatic rings. The van der Waals surface area contributed by atoms with Gasteiger partial charge in [0.2, 0.25) is 0 Å². The molecule has 0 aliphatic heterocycles. The van der Waals surface area contributed by atoms with Crippen LogP contribution in [0, 0.1) is 12.7 Å². The summed E-state index contributed by atoms with van der Waals surface area (Å²) >= 11 is 5.69. The summed E-state index contributed by atoms with van der Waals surface area (Å²) < 4.78 is 13.1. The molecule has 0 saturated heterocycles. The predicted octanol–water partition coefficient (Wildman–Crippen LogP) is 3.87. The van der Waals surface area contributed by atoms with Crippen LogP contribution in [0.3, 0.4) is 0 Å². The normalized spacial score (nSPS) is 10.3. The van der Waals surface area contributed by atoms with Crippen LogP contribution in [0.15, 0.2) is 30.5 Å². The monoisotopic (exact) mass is 307 g/mol. The Morgan fingerprint density at radius 2 is 2.14 bits per heavy atom. The molecule has 1 amide bonds. The second-order valence-electron chi connectivity index (χ2n) is 4.48. The van der Waals surface area contributed by atoms with Crippen molar-refractivity contribution in [2.45, 2.75) is 13.8 Å². The van der Waals surface area contributed by atoms with Crippen LogP contribution in [-0.2, 0) is 0 Å².